The van der Waals surface area contributed by atoms with Gasteiger partial charge in [-0.3, -0.25) is 4.57 Å². The predicted molar refractivity (Wildman–Crippen MR) is 86.4 cm³/mol. The van der Waals surface area contributed by atoms with Gasteiger partial charge >= 0.3 is 11.4 Å². The van der Waals surface area contributed by atoms with Gasteiger partial charge in [-0.05, 0) is 31.1 Å². The Balaban J connectivity index is 1.94. The molecule has 3 rings (SSSR count). The maximum Gasteiger partial charge on any atom is 0.355 e. The van der Waals surface area contributed by atoms with Crippen molar-refractivity contribution in [2.75, 3.05) is 19.0 Å². The van der Waals surface area contributed by atoms with Gasteiger partial charge < -0.3 is 4.90 Å². The van der Waals surface area contributed by atoms with Gasteiger partial charge in [0.1, 0.15) is 0 Å². The summed E-state index contributed by atoms with van der Waals surface area (Å²) in [6.45, 7) is 0. The lowest BCUT2D eigenvalue weighted by Crippen LogP contribution is -2.46. The highest BCUT2D eigenvalue weighted by Crippen LogP contribution is 2.43. The molecule has 0 spiro atoms. The second-order valence-electron chi connectivity index (χ2n) is 7.07. The standard InChI is InChI=1S/C16H26N4O2/c1-18(2)14-17-15(21)20(16(22)19(14)3)13-9-8-11-6-4-5-7-12(11)10-13/h11-13H,4-10H2,1-3H3. The predicted octanol–water partition coefficient (Wildman–Crippen LogP) is 1.54. The number of fused-ring (bicyclic) bond motifs is 1. The Bertz CT molecular complexity index is 661. The molecule has 2 aliphatic carbocycles. The first-order valence-corrected chi connectivity index (χ1v) is 8.36. The molecule has 2 saturated carbocycles. The lowest BCUT2D eigenvalue weighted by molar-refractivity contribution is 0.128. The van der Waals surface area contributed by atoms with Crippen molar-refractivity contribution in [3.05, 3.63) is 21.0 Å². The van der Waals surface area contributed by atoms with E-state index in [-0.39, 0.29) is 11.7 Å². The fourth-order valence-electron chi connectivity index (χ4n) is 4.34. The highest BCUT2D eigenvalue weighted by Gasteiger charge is 2.34. The molecule has 1 aromatic heterocycles. The molecule has 0 bridgehead atoms. The first-order valence-electron chi connectivity index (χ1n) is 8.36. The van der Waals surface area contributed by atoms with Crippen LogP contribution in [0.5, 0.6) is 0 Å². The van der Waals surface area contributed by atoms with Gasteiger partial charge in [-0.2, -0.15) is 4.98 Å². The van der Waals surface area contributed by atoms with Crippen molar-refractivity contribution in [1.29, 1.82) is 0 Å². The lowest BCUT2D eigenvalue weighted by Gasteiger charge is -2.39. The third-order valence-corrected chi connectivity index (χ3v) is 5.47. The molecule has 22 heavy (non-hydrogen) atoms. The summed E-state index contributed by atoms with van der Waals surface area (Å²) in [7, 11) is 5.27. The minimum Gasteiger partial charge on any atom is -0.348 e. The Hall–Kier alpha value is -1.59. The maximum absolute atomic E-state index is 12.6. The molecule has 0 amide bonds. The zero-order valence-corrected chi connectivity index (χ0v) is 13.8. The molecule has 2 aliphatic rings. The third kappa shape index (κ3) is 2.59. The van der Waals surface area contributed by atoms with E-state index in [9.17, 15) is 9.59 Å². The quantitative estimate of drug-likeness (QED) is 0.831. The van der Waals surface area contributed by atoms with E-state index in [0.717, 1.165) is 25.2 Å². The van der Waals surface area contributed by atoms with Crippen molar-refractivity contribution < 1.29 is 0 Å². The Kier molecular flexibility index (Phi) is 4.10. The minimum atomic E-state index is -0.397. The van der Waals surface area contributed by atoms with Crippen LogP contribution in [0.15, 0.2) is 9.59 Å². The van der Waals surface area contributed by atoms with Crippen LogP contribution in [0.1, 0.15) is 51.0 Å². The van der Waals surface area contributed by atoms with E-state index in [2.05, 4.69) is 4.98 Å². The van der Waals surface area contributed by atoms with Crippen LogP contribution in [0, 0.1) is 11.8 Å². The highest BCUT2D eigenvalue weighted by atomic mass is 16.2. The number of hydrogen-bond donors (Lipinski definition) is 0. The molecule has 2 fully saturated rings. The molecule has 1 heterocycles. The Morgan fingerprint density at radius 2 is 1.73 bits per heavy atom. The number of hydrogen-bond acceptors (Lipinski definition) is 4. The van der Waals surface area contributed by atoms with Crippen LogP contribution >= 0.6 is 0 Å². The van der Waals surface area contributed by atoms with Gasteiger partial charge in [0.2, 0.25) is 5.95 Å². The van der Waals surface area contributed by atoms with Crippen LogP contribution in [-0.2, 0) is 7.05 Å². The van der Waals surface area contributed by atoms with Crippen molar-refractivity contribution >= 4 is 5.95 Å². The highest BCUT2D eigenvalue weighted by molar-refractivity contribution is 5.25. The summed E-state index contributed by atoms with van der Waals surface area (Å²) in [6, 6.07) is 0.0225. The average molecular weight is 306 g/mol. The molecule has 0 aromatic carbocycles. The van der Waals surface area contributed by atoms with Crippen LogP contribution < -0.4 is 16.3 Å². The fourth-order valence-corrected chi connectivity index (χ4v) is 4.34. The Labute approximate surface area is 130 Å². The molecular formula is C16H26N4O2. The molecule has 3 unspecified atom stereocenters. The Morgan fingerprint density at radius 1 is 1.05 bits per heavy atom. The molecule has 6 heteroatoms. The first kappa shape index (κ1) is 15.3. The molecule has 0 radical (unpaired) electrons. The van der Waals surface area contributed by atoms with Crippen molar-refractivity contribution in [2.45, 2.75) is 51.0 Å². The van der Waals surface area contributed by atoms with Crippen molar-refractivity contribution in [1.82, 2.24) is 14.1 Å². The average Bonchev–Trinajstić information content (AvgIpc) is 2.50. The number of anilines is 1. The van der Waals surface area contributed by atoms with Crippen LogP contribution in [0.25, 0.3) is 0 Å². The van der Waals surface area contributed by atoms with Crippen molar-refractivity contribution in [2.24, 2.45) is 18.9 Å². The smallest absolute Gasteiger partial charge is 0.348 e. The van der Waals surface area contributed by atoms with Gasteiger partial charge in [0.25, 0.3) is 0 Å². The van der Waals surface area contributed by atoms with Crippen LogP contribution in [0.2, 0.25) is 0 Å². The van der Waals surface area contributed by atoms with Crippen molar-refractivity contribution in [3.63, 3.8) is 0 Å². The topological polar surface area (TPSA) is 60.1 Å². The van der Waals surface area contributed by atoms with E-state index in [4.69, 9.17) is 0 Å². The molecular weight excluding hydrogens is 280 g/mol. The zero-order chi connectivity index (χ0) is 15.9. The number of rotatable bonds is 2. The summed E-state index contributed by atoms with van der Waals surface area (Å²) < 4.78 is 2.88. The summed E-state index contributed by atoms with van der Waals surface area (Å²) >= 11 is 0. The summed E-state index contributed by atoms with van der Waals surface area (Å²) in [4.78, 5) is 30.8. The summed E-state index contributed by atoms with van der Waals surface area (Å²) in [5, 5.41) is 0. The van der Waals surface area contributed by atoms with Crippen molar-refractivity contribution in [3.8, 4) is 0 Å². The summed E-state index contributed by atoms with van der Waals surface area (Å²) in [5.74, 6) is 1.90. The molecule has 3 atom stereocenters. The van der Waals surface area contributed by atoms with E-state index in [1.54, 1.807) is 26.0 Å². The molecule has 6 nitrogen and oxygen atoms in total. The van der Waals surface area contributed by atoms with Gasteiger partial charge in [0, 0.05) is 27.2 Å². The van der Waals surface area contributed by atoms with E-state index in [1.165, 1.54) is 34.8 Å². The summed E-state index contributed by atoms with van der Waals surface area (Å²) in [5.41, 5.74) is -0.631. The lowest BCUT2D eigenvalue weighted by atomic mass is 9.69. The van der Waals surface area contributed by atoms with Crippen LogP contribution in [0.3, 0.4) is 0 Å². The van der Waals surface area contributed by atoms with Gasteiger partial charge in [-0.15, -0.1) is 0 Å². The second kappa shape index (κ2) is 5.89. The minimum absolute atomic E-state index is 0.0225. The largest absolute Gasteiger partial charge is 0.355 e. The molecule has 0 aliphatic heterocycles. The molecule has 1 aromatic rings. The fraction of sp³-hybridized carbons (Fsp3) is 0.812. The van der Waals surface area contributed by atoms with Gasteiger partial charge in [0.15, 0.2) is 0 Å². The molecule has 0 N–H and O–H groups in total. The van der Waals surface area contributed by atoms with Gasteiger partial charge in [0.05, 0.1) is 0 Å². The Morgan fingerprint density at radius 3 is 2.41 bits per heavy atom. The maximum atomic E-state index is 12.6. The zero-order valence-electron chi connectivity index (χ0n) is 13.8. The number of aromatic nitrogens is 3. The molecule has 122 valence electrons. The van der Waals surface area contributed by atoms with Crippen LogP contribution in [-0.4, -0.2) is 28.2 Å². The van der Waals surface area contributed by atoms with Crippen LogP contribution in [0.4, 0.5) is 5.95 Å². The normalized spacial score (nSPS) is 28.2. The second-order valence-corrected chi connectivity index (χ2v) is 7.07. The van der Waals surface area contributed by atoms with Gasteiger partial charge in [-0.1, -0.05) is 25.7 Å². The van der Waals surface area contributed by atoms with E-state index >= 15 is 0 Å². The summed E-state index contributed by atoms with van der Waals surface area (Å²) in [6.07, 6.45) is 8.23. The third-order valence-electron chi connectivity index (χ3n) is 5.47. The molecule has 0 saturated heterocycles. The first-order chi connectivity index (χ1) is 10.5. The van der Waals surface area contributed by atoms with Gasteiger partial charge in [-0.25, -0.2) is 14.2 Å². The van der Waals surface area contributed by atoms with E-state index < -0.39 is 5.69 Å². The van der Waals surface area contributed by atoms with E-state index in [0.29, 0.717) is 11.9 Å². The monoisotopic (exact) mass is 306 g/mol. The number of nitrogens with zero attached hydrogens (tertiary/aromatic N) is 4. The SMILES string of the molecule is CN(C)c1nc(=O)n(C2CCC3CCCCC3C2)c(=O)n1C. The van der Waals surface area contributed by atoms with E-state index in [1.807, 2.05) is 0 Å².